The second kappa shape index (κ2) is 7.35. The summed E-state index contributed by atoms with van der Waals surface area (Å²) < 4.78 is 0. The van der Waals surface area contributed by atoms with Crippen molar-refractivity contribution in [3.05, 3.63) is 0 Å². The maximum atomic E-state index is 10.7. The lowest BCUT2D eigenvalue weighted by Crippen LogP contribution is -2.72. The number of unbranched alkanes of at least 4 members (excludes halogenated alkanes) is 2. The minimum absolute atomic E-state index is 0.283. The molecule has 3 nitrogen and oxygen atoms in total. The van der Waals surface area contributed by atoms with Gasteiger partial charge in [-0.15, -0.1) is 0 Å². The largest absolute Gasteiger partial charge is 0.481 e. The van der Waals surface area contributed by atoms with E-state index in [2.05, 4.69) is 60.3 Å². The third kappa shape index (κ3) is 6.38. The number of carbonyl (C=O) groups is 1. The lowest BCUT2D eigenvalue weighted by atomic mass is 9.60. The quantitative estimate of drug-likeness (QED) is 0.574. The first-order chi connectivity index (χ1) is 10.7. The minimum atomic E-state index is -0.672. The molecule has 0 spiro atoms. The Morgan fingerprint density at radius 3 is 1.75 bits per heavy atom. The van der Waals surface area contributed by atoms with Gasteiger partial charge in [0.1, 0.15) is 0 Å². The van der Waals surface area contributed by atoms with E-state index < -0.39 is 5.97 Å². The molecule has 0 radical (unpaired) electrons. The molecule has 0 aliphatic carbocycles. The van der Waals surface area contributed by atoms with E-state index in [9.17, 15) is 4.79 Å². The highest BCUT2D eigenvalue weighted by Gasteiger charge is 2.56. The van der Waals surface area contributed by atoms with Crippen LogP contribution in [0.15, 0.2) is 0 Å². The first-order valence-corrected chi connectivity index (χ1v) is 9.67. The van der Waals surface area contributed by atoms with Crippen molar-refractivity contribution in [2.24, 2.45) is 10.8 Å². The average molecular weight is 340 g/mol. The van der Waals surface area contributed by atoms with Gasteiger partial charge in [-0.3, -0.25) is 9.69 Å². The van der Waals surface area contributed by atoms with Crippen LogP contribution >= 0.6 is 0 Å². The molecule has 0 bridgehead atoms. The minimum Gasteiger partial charge on any atom is -0.481 e. The normalized spacial score (nSPS) is 28.7. The van der Waals surface area contributed by atoms with E-state index in [-0.39, 0.29) is 11.1 Å². The standard InChI is InChI=1S/C21H41NO2/c1-18(2,3)14-20(7)16-21(8,15-19(4,5)6)22(20)13-11-9-10-12-17(23)24/h9-16H2,1-8H3,(H,23,24). The summed E-state index contributed by atoms with van der Waals surface area (Å²) in [5, 5.41) is 8.79. The Morgan fingerprint density at radius 2 is 1.38 bits per heavy atom. The number of hydrogen-bond acceptors (Lipinski definition) is 2. The van der Waals surface area contributed by atoms with Gasteiger partial charge in [-0.1, -0.05) is 48.0 Å². The van der Waals surface area contributed by atoms with Crippen LogP contribution in [0.5, 0.6) is 0 Å². The molecule has 0 aromatic carbocycles. The summed E-state index contributed by atoms with van der Waals surface area (Å²) in [4.78, 5) is 13.4. The van der Waals surface area contributed by atoms with Crippen LogP contribution in [-0.2, 0) is 4.79 Å². The SMILES string of the molecule is CC(C)(C)CC1(C)CC(C)(CC(C)(C)C)N1CCCCCC(=O)O. The van der Waals surface area contributed by atoms with Crippen molar-refractivity contribution in [2.45, 2.75) is 111 Å². The van der Waals surface area contributed by atoms with Crippen molar-refractivity contribution in [1.29, 1.82) is 0 Å². The van der Waals surface area contributed by atoms with Crippen LogP contribution in [0.1, 0.15) is 100 Å². The Balaban J connectivity index is 2.72. The van der Waals surface area contributed by atoms with Crippen LogP contribution in [0.2, 0.25) is 0 Å². The first kappa shape index (κ1) is 21.5. The topological polar surface area (TPSA) is 40.5 Å². The molecule has 3 heteroatoms. The zero-order valence-electron chi connectivity index (χ0n) is 17.5. The number of carboxylic acids is 1. The molecule has 0 saturated carbocycles. The van der Waals surface area contributed by atoms with Gasteiger partial charge in [0, 0.05) is 17.5 Å². The van der Waals surface area contributed by atoms with Gasteiger partial charge in [-0.2, -0.15) is 0 Å². The van der Waals surface area contributed by atoms with E-state index in [0.717, 1.165) is 25.8 Å². The second-order valence-corrected chi connectivity index (χ2v) is 11.0. The Hall–Kier alpha value is -0.570. The van der Waals surface area contributed by atoms with Gasteiger partial charge in [0.05, 0.1) is 0 Å². The molecule has 142 valence electrons. The Bertz CT molecular complexity index is 404. The number of aliphatic carboxylic acids is 1. The van der Waals surface area contributed by atoms with Gasteiger partial charge in [0.15, 0.2) is 0 Å². The van der Waals surface area contributed by atoms with Crippen LogP contribution in [0.3, 0.4) is 0 Å². The molecule has 1 rings (SSSR count). The fourth-order valence-electron chi connectivity index (χ4n) is 5.44. The van der Waals surface area contributed by atoms with Crippen LogP contribution < -0.4 is 0 Å². The number of hydrogen-bond donors (Lipinski definition) is 1. The third-order valence-electron chi connectivity index (χ3n) is 5.16. The fraction of sp³-hybridized carbons (Fsp3) is 0.952. The van der Waals surface area contributed by atoms with Gasteiger partial charge in [-0.05, 0) is 63.3 Å². The second-order valence-electron chi connectivity index (χ2n) is 11.0. The molecule has 2 atom stereocenters. The smallest absolute Gasteiger partial charge is 0.303 e. The summed E-state index contributed by atoms with van der Waals surface area (Å²) >= 11 is 0. The lowest BCUT2D eigenvalue weighted by Gasteiger charge is -2.66. The highest BCUT2D eigenvalue weighted by molar-refractivity contribution is 5.66. The Morgan fingerprint density at radius 1 is 0.917 bits per heavy atom. The summed E-state index contributed by atoms with van der Waals surface area (Å²) in [5.41, 5.74) is 1.23. The summed E-state index contributed by atoms with van der Waals surface area (Å²) in [6, 6.07) is 0. The number of rotatable bonds is 8. The predicted octanol–water partition coefficient (Wildman–Crippen LogP) is 5.73. The average Bonchev–Trinajstić information content (AvgIpc) is 2.27. The van der Waals surface area contributed by atoms with Crippen molar-refractivity contribution < 1.29 is 9.90 Å². The van der Waals surface area contributed by atoms with E-state index >= 15 is 0 Å². The monoisotopic (exact) mass is 339 g/mol. The van der Waals surface area contributed by atoms with Crippen molar-refractivity contribution in [2.75, 3.05) is 6.54 Å². The fourth-order valence-corrected chi connectivity index (χ4v) is 5.44. The Kier molecular flexibility index (Phi) is 6.58. The van der Waals surface area contributed by atoms with E-state index in [1.165, 1.54) is 19.3 Å². The maximum Gasteiger partial charge on any atom is 0.303 e. The molecule has 1 saturated heterocycles. The van der Waals surface area contributed by atoms with Crippen molar-refractivity contribution in [3.63, 3.8) is 0 Å². The predicted molar refractivity (Wildman–Crippen MR) is 102 cm³/mol. The first-order valence-electron chi connectivity index (χ1n) is 9.67. The van der Waals surface area contributed by atoms with Crippen molar-refractivity contribution >= 4 is 5.97 Å². The summed E-state index contributed by atoms with van der Waals surface area (Å²) in [6.45, 7) is 20.0. The highest BCUT2D eigenvalue weighted by Crippen LogP contribution is 2.53. The van der Waals surface area contributed by atoms with Crippen molar-refractivity contribution in [1.82, 2.24) is 4.90 Å². The molecule has 0 aromatic heterocycles. The van der Waals surface area contributed by atoms with Gasteiger partial charge in [0.25, 0.3) is 0 Å². The number of likely N-dealkylation sites (tertiary alicyclic amines) is 1. The summed E-state index contributed by atoms with van der Waals surface area (Å²) in [5.74, 6) is -0.672. The molecule has 1 aliphatic heterocycles. The molecule has 24 heavy (non-hydrogen) atoms. The van der Waals surface area contributed by atoms with E-state index in [1.54, 1.807) is 0 Å². The molecular weight excluding hydrogens is 298 g/mol. The van der Waals surface area contributed by atoms with Crippen molar-refractivity contribution in [3.8, 4) is 0 Å². The molecule has 2 unspecified atom stereocenters. The van der Waals surface area contributed by atoms with E-state index in [0.29, 0.717) is 17.3 Å². The third-order valence-corrected chi connectivity index (χ3v) is 5.16. The summed E-state index contributed by atoms with van der Waals surface area (Å²) in [7, 11) is 0. The zero-order valence-corrected chi connectivity index (χ0v) is 17.5. The van der Waals surface area contributed by atoms with Crippen LogP contribution in [-0.4, -0.2) is 33.6 Å². The summed E-state index contributed by atoms with van der Waals surface area (Å²) in [6.07, 6.45) is 6.92. The van der Waals surface area contributed by atoms with Crippen LogP contribution in [0, 0.1) is 10.8 Å². The zero-order chi connectivity index (χ0) is 18.8. The molecule has 1 fully saturated rings. The van der Waals surface area contributed by atoms with Gasteiger partial charge in [-0.25, -0.2) is 0 Å². The number of nitrogens with zero attached hydrogens (tertiary/aromatic N) is 1. The van der Waals surface area contributed by atoms with Crippen LogP contribution in [0.25, 0.3) is 0 Å². The number of carboxylic acid groups (broad SMARTS) is 1. The van der Waals surface area contributed by atoms with Gasteiger partial charge >= 0.3 is 5.97 Å². The molecular formula is C21H41NO2. The van der Waals surface area contributed by atoms with Gasteiger partial charge < -0.3 is 5.11 Å². The van der Waals surface area contributed by atoms with Crippen LogP contribution in [0.4, 0.5) is 0 Å². The molecule has 0 aromatic rings. The molecule has 0 amide bonds. The van der Waals surface area contributed by atoms with E-state index in [1.807, 2.05) is 0 Å². The molecule has 1 N–H and O–H groups in total. The molecule has 1 heterocycles. The maximum absolute atomic E-state index is 10.7. The highest BCUT2D eigenvalue weighted by atomic mass is 16.4. The lowest BCUT2D eigenvalue weighted by molar-refractivity contribution is -0.157. The Labute approximate surface area is 150 Å². The van der Waals surface area contributed by atoms with Gasteiger partial charge in [0.2, 0.25) is 0 Å². The molecule has 1 aliphatic rings. The van der Waals surface area contributed by atoms with E-state index in [4.69, 9.17) is 5.11 Å².